The third-order valence-electron chi connectivity index (χ3n) is 1.03. The summed E-state index contributed by atoms with van der Waals surface area (Å²) in [4.78, 5) is 3.95. The van der Waals surface area contributed by atoms with Crippen LogP contribution in [0.4, 0.5) is 0 Å². The standard InChI is InChI=1S/C6H5Cl2NS/c7-4-1-2-6(8)9-5(4)3-10/h1-2,10H,3H2. The maximum atomic E-state index is 5.73. The van der Waals surface area contributed by atoms with Crippen LogP contribution in [0.3, 0.4) is 0 Å². The lowest BCUT2D eigenvalue weighted by Gasteiger charge is -1.97. The van der Waals surface area contributed by atoms with Crippen molar-refractivity contribution in [2.24, 2.45) is 0 Å². The van der Waals surface area contributed by atoms with Crippen LogP contribution in [-0.4, -0.2) is 4.98 Å². The van der Waals surface area contributed by atoms with Crippen LogP contribution in [-0.2, 0) is 5.75 Å². The number of hydrogen-bond donors (Lipinski definition) is 1. The van der Waals surface area contributed by atoms with Crippen molar-refractivity contribution in [2.45, 2.75) is 5.75 Å². The molecule has 1 heterocycles. The molecule has 1 aromatic rings. The van der Waals surface area contributed by atoms with Crippen LogP contribution in [0.15, 0.2) is 12.1 Å². The predicted molar refractivity (Wildman–Crippen MR) is 46.9 cm³/mol. The molecule has 0 unspecified atom stereocenters. The first-order chi connectivity index (χ1) is 4.74. The molecular weight excluding hydrogens is 189 g/mol. The molecule has 10 heavy (non-hydrogen) atoms. The van der Waals surface area contributed by atoms with Gasteiger partial charge in [-0.25, -0.2) is 4.98 Å². The second-order valence-electron chi connectivity index (χ2n) is 1.72. The third-order valence-corrected chi connectivity index (χ3v) is 1.89. The fourth-order valence-electron chi connectivity index (χ4n) is 0.569. The van der Waals surface area contributed by atoms with Gasteiger partial charge < -0.3 is 0 Å². The molecule has 0 amide bonds. The van der Waals surface area contributed by atoms with Gasteiger partial charge in [0.25, 0.3) is 0 Å². The van der Waals surface area contributed by atoms with Crippen molar-refractivity contribution in [3.05, 3.63) is 28.0 Å². The highest BCUT2D eigenvalue weighted by molar-refractivity contribution is 7.79. The van der Waals surface area contributed by atoms with Crippen molar-refractivity contribution in [3.8, 4) is 0 Å². The van der Waals surface area contributed by atoms with E-state index in [9.17, 15) is 0 Å². The fraction of sp³-hybridized carbons (Fsp3) is 0.167. The van der Waals surface area contributed by atoms with E-state index in [4.69, 9.17) is 23.2 Å². The van der Waals surface area contributed by atoms with Gasteiger partial charge in [-0.1, -0.05) is 23.2 Å². The Kier molecular flexibility index (Phi) is 2.83. The Morgan fingerprint density at radius 2 is 2.10 bits per heavy atom. The number of rotatable bonds is 1. The number of aromatic nitrogens is 1. The molecule has 0 N–H and O–H groups in total. The Balaban J connectivity index is 3.09. The van der Waals surface area contributed by atoms with Crippen molar-refractivity contribution in [3.63, 3.8) is 0 Å². The van der Waals surface area contributed by atoms with E-state index in [-0.39, 0.29) is 0 Å². The molecule has 0 spiro atoms. The molecule has 0 atom stereocenters. The molecular formula is C6H5Cl2NS. The van der Waals surface area contributed by atoms with Crippen LogP contribution in [0.25, 0.3) is 0 Å². The van der Waals surface area contributed by atoms with Crippen LogP contribution in [0, 0.1) is 0 Å². The van der Waals surface area contributed by atoms with Gasteiger partial charge in [-0.05, 0) is 12.1 Å². The fourth-order valence-corrected chi connectivity index (χ4v) is 1.24. The summed E-state index contributed by atoms with van der Waals surface area (Å²) in [5.74, 6) is 0.513. The van der Waals surface area contributed by atoms with Crippen LogP contribution >= 0.6 is 35.8 Å². The molecule has 1 aromatic heterocycles. The minimum atomic E-state index is 0.452. The Morgan fingerprint density at radius 3 is 2.60 bits per heavy atom. The summed E-state index contributed by atoms with van der Waals surface area (Å²) in [5.41, 5.74) is 0.720. The van der Waals surface area contributed by atoms with E-state index in [1.54, 1.807) is 12.1 Å². The van der Waals surface area contributed by atoms with Gasteiger partial charge in [0.15, 0.2) is 0 Å². The summed E-state index contributed by atoms with van der Waals surface area (Å²) in [6.45, 7) is 0. The van der Waals surface area contributed by atoms with E-state index in [1.165, 1.54) is 0 Å². The van der Waals surface area contributed by atoms with Gasteiger partial charge in [-0.2, -0.15) is 12.6 Å². The second-order valence-corrected chi connectivity index (χ2v) is 2.83. The minimum absolute atomic E-state index is 0.452. The summed E-state index contributed by atoms with van der Waals surface area (Å²) in [7, 11) is 0. The highest BCUT2D eigenvalue weighted by Crippen LogP contribution is 2.17. The smallest absolute Gasteiger partial charge is 0.129 e. The summed E-state index contributed by atoms with van der Waals surface area (Å²) >= 11 is 15.3. The maximum absolute atomic E-state index is 5.73. The first-order valence-electron chi connectivity index (χ1n) is 2.66. The first kappa shape index (κ1) is 8.18. The number of halogens is 2. The summed E-state index contributed by atoms with van der Waals surface area (Å²) < 4.78 is 0. The molecule has 0 saturated heterocycles. The monoisotopic (exact) mass is 193 g/mol. The summed E-state index contributed by atoms with van der Waals surface area (Å²) in [6, 6.07) is 3.36. The largest absolute Gasteiger partial charge is 0.239 e. The van der Waals surface area contributed by atoms with E-state index in [0.717, 1.165) is 5.69 Å². The van der Waals surface area contributed by atoms with Crippen molar-refractivity contribution in [1.29, 1.82) is 0 Å². The van der Waals surface area contributed by atoms with Crippen molar-refractivity contribution in [2.75, 3.05) is 0 Å². The number of thiol groups is 1. The van der Waals surface area contributed by atoms with Crippen molar-refractivity contribution >= 4 is 35.8 Å². The zero-order valence-electron chi connectivity index (χ0n) is 5.01. The van der Waals surface area contributed by atoms with Crippen LogP contribution in [0.1, 0.15) is 5.69 Å². The SMILES string of the molecule is SCc1nc(Cl)ccc1Cl. The van der Waals surface area contributed by atoms with Crippen molar-refractivity contribution in [1.82, 2.24) is 4.98 Å². The average Bonchev–Trinajstić information content (AvgIpc) is 1.94. The number of pyridine rings is 1. The van der Waals surface area contributed by atoms with E-state index in [0.29, 0.717) is 15.9 Å². The lowest BCUT2D eigenvalue weighted by molar-refractivity contribution is 1.18. The van der Waals surface area contributed by atoms with Gasteiger partial charge in [-0.15, -0.1) is 0 Å². The zero-order chi connectivity index (χ0) is 7.56. The molecule has 0 aliphatic rings. The van der Waals surface area contributed by atoms with Crippen LogP contribution in [0.5, 0.6) is 0 Å². The van der Waals surface area contributed by atoms with Gasteiger partial charge in [-0.3, -0.25) is 0 Å². The highest BCUT2D eigenvalue weighted by atomic mass is 35.5. The van der Waals surface area contributed by atoms with Gasteiger partial charge in [0, 0.05) is 5.75 Å². The van der Waals surface area contributed by atoms with E-state index < -0.39 is 0 Å². The average molecular weight is 194 g/mol. The molecule has 4 heteroatoms. The number of hydrogen-bond acceptors (Lipinski definition) is 2. The van der Waals surface area contributed by atoms with Gasteiger partial charge >= 0.3 is 0 Å². The Hall–Kier alpha value is 0.0800. The van der Waals surface area contributed by atoms with E-state index in [1.807, 2.05) is 0 Å². The summed E-state index contributed by atoms with van der Waals surface area (Å²) in [6.07, 6.45) is 0. The Labute approximate surface area is 74.8 Å². The molecule has 0 saturated carbocycles. The van der Waals surface area contributed by atoms with Crippen molar-refractivity contribution < 1.29 is 0 Å². The van der Waals surface area contributed by atoms with E-state index >= 15 is 0 Å². The highest BCUT2D eigenvalue weighted by Gasteiger charge is 1.98. The van der Waals surface area contributed by atoms with Gasteiger partial charge in [0.1, 0.15) is 5.15 Å². The molecule has 0 bridgehead atoms. The molecule has 0 aliphatic heterocycles. The Morgan fingerprint density at radius 1 is 1.40 bits per heavy atom. The van der Waals surface area contributed by atoms with E-state index in [2.05, 4.69) is 17.6 Å². The number of nitrogens with zero attached hydrogens (tertiary/aromatic N) is 1. The van der Waals surface area contributed by atoms with Gasteiger partial charge in [0.05, 0.1) is 10.7 Å². The minimum Gasteiger partial charge on any atom is -0.239 e. The molecule has 0 aliphatic carbocycles. The molecule has 0 radical (unpaired) electrons. The lowest BCUT2D eigenvalue weighted by Crippen LogP contribution is -1.85. The lowest BCUT2D eigenvalue weighted by atomic mass is 10.4. The molecule has 1 nitrogen and oxygen atoms in total. The molecule has 0 fully saturated rings. The van der Waals surface area contributed by atoms with Crippen LogP contribution < -0.4 is 0 Å². The second kappa shape index (κ2) is 3.46. The summed E-state index contributed by atoms with van der Waals surface area (Å²) in [5, 5.41) is 1.06. The van der Waals surface area contributed by atoms with Crippen LogP contribution in [0.2, 0.25) is 10.2 Å². The Bertz CT molecular complexity index is 239. The topological polar surface area (TPSA) is 12.9 Å². The zero-order valence-corrected chi connectivity index (χ0v) is 7.42. The third kappa shape index (κ3) is 1.78. The predicted octanol–water partition coefficient (Wildman–Crippen LogP) is 2.82. The molecule has 0 aromatic carbocycles. The maximum Gasteiger partial charge on any atom is 0.129 e. The molecule has 1 rings (SSSR count). The van der Waals surface area contributed by atoms with Gasteiger partial charge in [0.2, 0.25) is 0 Å². The quantitative estimate of drug-likeness (QED) is 0.535. The molecule has 54 valence electrons. The first-order valence-corrected chi connectivity index (χ1v) is 4.04. The normalized spacial score (nSPS) is 9.90.